The Balaban J connectivity index is 1.28. The minimum absolute atomic E-state index is 0.246. The van der Waals surface area contributed by atoms with Crippen molar-refractivity contribution in [1.82, 2.24) is 0 Å². The van der Waals surface area contributed by atoms with Crippen molar-refractivity contribution in [2.45, 2.75) is 39.5 Å². The van der Waals surface area contributed by atoms with Gasteiger partial charge in [0.2, 0.25) is 0 Å². The molecule has 0 unspecified atom stereocenters. The second-order valence-corrected chi connectivity index (χ2v) is 14.5. The lowest BCUT2D eigenvalue weighted by molar-refractivity contribution is 0.660. The predicted octanol–water partition coefficient (Wildman–Crippen LogP) is 15.0. The molecule has 8 rings (SSSR count). The fourth-order valence-corrected chi connectivity index (χ4v) is 8.23. The van der Waals surface area contributed by atoms with Gasteiger partial charge < -0.3 is 9.80 Å². The van der Waals surface area contributed by atoms with E-state index in [-0.39, 0.29) is 5.41 Å². The third-order valence-electron chi connectivity index (χ3n) is 11.1. The molecule has 0 aliphatic heterocycles. The third kappa shape index (κ3) is 5.94. The van der Waals surface area contributed by atoms with Crippen molar-refractivity contribution >= 4 is 63.1 Å². The molecule has 0 saturated heterocycles. The van der Waals surface area contributed by atoms with E-state index in [1.165, 1.54) is 49.8 Å². The molecule has 1 aliphatic carbocycles. The minimum atomic E-state index is -0.246. The number of rotatable bonds is 10. The molecule has 0 N–H and O–H groups in total. The van der Waals surface area contributed by atoms with Crippen LogP contribution in [-0.2, 0) is 11.8 Å². The highest BCUT2D eigenvalue weighted by Crippen LogP contribution is 2.53. The van der Waals surface area contributed by atoms with Crippen LogP contribution in [-0.4, -0.2) is 0 Å². The van der Waals surface area contributed by atoms with Gasteiger partial charge in [-0.2, -0.15) is 0 Å². The van der Waals surface area contributed by atoms with Crippen LogP contribution in [0.4, 0.5) is 34.1 Å². The highest BCUT2D eigenvalue weighted by molar-refractivity contribution is 5.99. The van der Waals surface area contributed by atoms with Crippen molar-refractivity contribution in [3.8, 4) is 11.1 Å². The topological polar surface area (TPSA) is 6.48 Å². The first-order valence-electron chi connectivity index (χ1n) is 18.9. The van der Waals surface area contributed by atoms with Crippen molar-refractivity contribution in [1.29, 1.82) is 0 Å². The highest BCUT2D eigenvalue weighted by Gasteiger charge is 2.37. The Morgan fingerprint density at radius 3 is 1.61 bits per heavy atom. The quantitative estimate of drug-likeness (QED) is 0.140. The second-order valence-electron chi connectivity index (χ2n) is 14.5. The second kappa shape index (κ2) is 14.2. The number of allylic oxidation sites excluding steroid dienone is 1. The molecule has 2 heteroatoms. The Labute approximate surface area is 320 Å². The average molecular weight is 699 g/mol. The first kappa shape index (κ1) is 34.7. The zero-order valence-electron chi connectivity index (χ0n) is 31.7. The minimum Gasteiger partial charge on any atom is -0.310 e. The van der Waals surface area contributed by atoms with Gasteiger partial charge in [0.25, 0.3) is 0 Å². The third-order valence-corrected chi connectivity index (χ3v) is 11.1. The lowest BCUT2D eigenvalue weighted by atomic mass is 9.82. The van der Waals surface area contributed by atoms with E-state index in [0.717, 1.165) is 46.0 Å². The fraction of sp³-hybridized carbons (Fsp3) is 0.115. The molecule has 0 amide bonds. The first-order valence-corrected chi connectivity index (χ1v) is 18.9. The molecule has 1 aliphatic rings. The molecular weight excluding hydrogens is 653 g/mol. The molecule has 0 heterocycles. The van der Waals surface area contributed by atoms with E-state index < -0.39 is 0 Å². The van der Waals surface area contributed by atoms with E-state index in [2.05, 4.69) is 208 Å². The van der Waals surface area contributed by atoms with Gasteiger partial charge in [0.05, 0.1) is 11.4 Å². The van der Waals surface area contributed by atoms with Crippen LogP contribution in [0, 0.1) is 0 Å². The van der Waals surface area contributed by atoms with Crippen LogP contribution in [0.1, 0.15) is 61.1 Å². The Morgan fingerprint density at radius 2 is 1.06 bits per heavy atom. The van der Waals surface area contributed by atoms with Crippen LogP contribution in [0.3, 0.4) is 0 Å². The summed E-state index contributed by atoms with van der Waals surface area (Å²) >= 11 is 0. The van der Waals surface area contributed by atoms with Crippen molar-refractivity contribution in [3.63, 3.8) is 0 Å². The molecule has 0 bridgehead atoms. The number of aryl methyl sites for hydroxylation is 1. The van der Waals surface area contributed by atoms with Gasteiger partial charge in [-0.15, -0.1) is 0 Å². The van der Waals surface area contributed by atoms with Gasteiger partial charge in [0, 0.05) is 39.1 Å². The summed E-state index contributed by atoms with van der Waals surface area (Å²) in [7, 11) is 0. The molecule has 54 heavy (non-hydrogen) atoms. The molecule has 7 aromatic carbocycles. The lowest BCUT2D eigenvalue weighted by Gasteiger charge is -2.30. The van der Waals surface area contributed by atoms with Gasteiger partial charge in [-0.05, 0) is 118 Å². The Morgan fingerprint density at radius 1 is 0.556 bits per heavy atom. The van der Waals surface area contributed by atoms with E-state index in [4.69, 9.17) is 0 Å². The number of hydrogen-bond donors (Lipinski definition) is 0. The summed E-state index contributed by atoms with van der Waals surface area (Å²) in [5.41, 5.74) is 16.6. The van der Waals surface area contributed by atoms with Crippen LogP contribution < -0.4 is 9.80 Å². The van der Waals surface area contributed by atoms with E-state index in [0.29, 0.717) is 0 Å². The SMILES string of the molecule is C=Cc1ccc(N(c2ccc3c(c2)C(C)(C)c2cc(N(c4ccc(C=C)cc4)c4cccc5ccccc45)ccc2-3)c2cccc(CC)c2C=CC)cc1. The number of nitrogens with zero attached hydrogens (tertiary/aromatic N) is 2. The normalized spacial score (nSPS) is 12.7. The maximum Gasteiger partial charge on any atom is 0.0540 e. The van der Waals surface area contributed by atoms with Crippen LogP contribution in [0.25, 0.3) is 40.1 Å². The first-order chi connectivity index (χ1) is 26.4. The average Bonchev–Trinajstić information content (AvgIpc) is 3.44. The van der Waals surface area contributed by atoms with Crippen LogP contribution in [0.2, 0.25) is 0 Å². The van der Waals surface area contributed by atoms with Gasteiger partial charge in [-0.25, -0.2) is 0 Å². The molecule has 0 aromatic heterocycles. The lowest BCUT2D eigenvalue weighted by Crippen LogP contribution is -2.18. The Kier molecular flexibility index (Phi) is 9.13. The zero-order chi connectivity index (χ0) is 37.4. The summed E-state index contributed by atoms with van der Waals surface area (Å²) in [6, 6.07) is 53.4. The number of benzene rings is 7. The van der Waals surface area contributed by atoms with E-state index >= 15 is 0 Å². The van der Waals surface area contributed by atoms with Gasteiger partial charge >= 0.3 is 0 Å². The summed E-state index contributed by atoms with van der Waals surface area (Å²) in [6.45, 7) is 17.1. The highest BCUT2D eigenvalue weighted by atomic mass is 15.1. The van der Waals surface area contributed by atoms with Gasteiger partial charge in [0.15, 0.2) is 0 Å². The molecule has 0 saturated carbocycles. The molecule has 0 radical (unpaired) electrons. The zero-order valence-corrected chi connectivity index (χ0v) is 31.7. The Hall–Kier alpha value is -6.38. The smallest absolute Gasteiger partial charge is 0.0540 e. The molecule has 264 valence electrons. The molecule has 0 spiro atoms. The van der Waals surface area contributed by atoms with Gasteiger partial charge in [0.1, 0.15) is 0 Å². The molecule has 0 atom stereocenters. The van der Waals surface area contributed by atoms with Crippen molar-refractivity contribution < 1.29 is 0 Å². The number of hydrogen-bond acceptors (Lipinski definition) is 2. The maximum absolute atomic E-state index is 4.00. The van der Waals surface area contributed by atoms with E-state index in [9.17, 15) is 0 Å². The van der Waals surface area contributed by atoms with Crippen molar-refractivity contribution in [2.24, 2.45) is 0 Å². The van der Waals surface area contributed by atoms with Crippen LogP contribution >= 0.6 is 0 Å². The monoisotopic (exact) mass is 698 g/mol. The molecule has 2 nitrogen and oxygen atoms in total. The standard InChI is InChI=1S/C52H46N2/c1-7-15-44-38(10-4)17-13-20-50(44)53(40-26-22-36(8-2)23-27-40)42-30-32-46-47-33-31-43(35-49(47)52(5,6)48(46)34-42)54(41-28-24-37(9-3)25-29-41)51-21-14-18-39-16-11-12-19-45(39)51/h7-9,11-35H,2-3,10H2,1,4-6H3. The van der Waals surface area contributed by atoms with Crippen molar-refractivity contribution in [3.05, 3.63) is 198 Å². The predicted molar refractivity (Wildman–Crippen MR) is 235 cm³/mol. The van der Waals surface area contributed by atoms with Crippen LogP contribution in [0.5, 0.6) is 0 Å². The van der Waals surface area contributed by atoms with Gasteiger partial charge in [-0.3, -0.25) is 0 Å². The number of fused-ring (bicyclic) bond motifs is 4. The maximum atomic E-state index is 4.00. The van der Waals surface area contributed by atoms with E-state index in [1.54, 1.807) is 0 Å². The summed E-state index contributed by atoms with van der Waals surface area (Å²) < 4.78 is 0. The Bertz CT molecular complexity index is 2550. The van der Waals surface area contributed by atoms with E-state index in [1.807, 2.05) is 12.2 Å². The summed E-state index contributed by atoms with van der Waals surface area (Å²) in [5.74, 6) is 0. The van der Waals surface area contributed by atoms with Crippen molar-refractivity contribution in [2.75, 3.05) is 9.80 Å². The summed E-state index contributed by atoms with van der Waals surface area (Å²) in [6.07, 6.45) is 9.15. The van der Waals surface area contributed by atoms with Crippen LogP contribution in [0.15, 0.2) is 165 Å². The number of anilines is 6. The molecule has 7 aromatic rings. The molecular formula is C52H46N2. The largest absolute Gasteiger partial charge is 0.310 e. The molecule has 0 fully saturated rings. The van der Waals surface area contributed by atoms with Gasteiger partial charge in [-0.1, -0.05) is 143 Å². The summed E-state index contributed by atoms with van der Waals surface area (Å²) in [4.78, 5) is 4.82. The summed E-state index contributed by atoms with van der Waals surface area (Å²) in [5, 5.41) is 2.43. The fourth-order valence-electron chi connectivity index (χ4n) is 8.23.